The van der Waals surface area contributed by atoms with Crippen molar-refractivity contribution in [2.24, 2.45) is 0 Å². The highest BCUT2D eigenvalue weighted by Crippen LogP contribution is 2.35. The molecule has 3 rings (SSSR count). The molecule has 0 N–H and O–H groups in total. The lowest BCUT2D eigenvalue weighted by atomic mass is 10.2. The second-order valence-electron chi connectivity index (χ2n) is 4.33. The molecule has 0 radical (unpaired) electrons. The fourth-order valence-electron chi connectivity index (χ4n) is 1.94. The van der Waals surface area contributed by atoms with Crippen LogP contribution in [0.4, 0.5) is 17.6 Å². The molecule has 0 saturated heterocycles. The molecule has 0 aliphatic heterocycles. The Morgan fingerprint density at radius 2 is 1.86 bits per heavy atom. The van der Waals surface area contributed by atoms with Crippen molar-refractivity contribution in [1.29, 1.82) is 0 Å². The van der Waals surface area contributed by atoms with Crippen LogP contribution in [0, 0.1) is 5.82 Å². The number of nitrogens with zero attached hydrogens (tertiary/aromatic N) is 1. The van der Waals surface area contributed by atoms with E-state index in [4.69, 9.17) is 16.0 Å². The van der Waals surface area contributed by atoms with Crippen molar-refractivity contribution < 1.29 is 22.0 Å². The number of hydrogen-bond acceptors (Lipinski definition) is 2. The van der Waals surface area contributed by atoms with Gasteiger partial charge in [-0.25, -0.2) is 9.37 Å². The number of alkyl halides is 3. The Kier molecular flexibility index (Phi) is 3.13. The van der Waals surface area contributed by atoms with Gasteiger partial charge in [-0.3, -0.25) is 0 Å². The number of hydrogen-bond donors (Lipinski definition) is 0. The molecule has 2 heterocycles. The second-order valence-corrected chi connectivity index (χ2v) is 4.72. The third-order valence-electron chi connectivity index (χ3n) is 2.87. The third kappa shape index (κ3) is 2.58. The normalized spacial score (nSPS) is 12.0. The van der Waals surface area contributed by atoms with Crippen LogP contribution in [-0.4, -0.2) is 4.98 Å². The molecule has 0 spiro atoms. The van der Waals surface area contributed by atoms with Crippen LogP contribution >= 0.6 is 11.6 Å². The van der Waals surface area contributed by atoms with Crippen LogP contribution in [0.3, 0.4) is 0 Å². The highest BCUT2D eigenvalue weighted by Gasteiger charge is 2.32. The van der Waals surface area contributed by atoms with Gasteiger partial charge in [-0.2, -0.15) is 13.2 Å². The van der Waals surface area contributed by atoms with Crippen LogP contribution in [0.1, 0.15) is 5.56 Å². The van der Waals surface area contributed by atoms with Crippen molar-refractivity contribution in [1.82, 2.24) is 4.98 Å². The molecule has 2 nitrogen and oxygen atoms in total. The van der Waals surface area contributed by atoms with Crippen LogP contribution in [0.15, 0.2) is 40.8 Å². The summed E-state index contributed by atoms with van der Waals surface area (Å²) in [6.45, 7) is 0. The summed E-state index contributed by atoms with van der Waals surface area (Å²) in [7, 11) is 0. The largest absolute Gasteiger partial charge is 0.451 e. The van der Waals surface area contributed by atoms with Crippen LogP contribution in [-0.2, 0) is 6.18 Å². The minimum absolute atomic E-state index is 0.0168. The van der Waals surface area contributed by atoms with E-state index >= 15 is 0 Å². The highest BCUT2D eigenvalue weighted by atomic mass is 35.5. The van der Waals surface area contributed by atoms with Gasteiger partial charge < -0.3 is 4.42 Å². The van der Waals surface area contributed by atoms with Gasteiger partial charge in [0, 0.05) is 5.39 Å². The van der Waals surface area contributed by atoms with Crippen molar-refractivity contribution in [3.8, 4) is 11.5 Å². The van der Waals surface area contributed by atoms with Crippen molar-refractivity contribution in [2.45, 2.75) is 6.18 Å². The first kappa shape index (κ1) is 13.9. The Morgan fingerprint density at radius 3 is 2.52 bits per heavy atom. The highest BCUT2D eigenvalue weighted by molar-refractivity contribution is 6.29. The molecule has 0 saturated carbocycles. The zero-order valence-corrected chi connectivity index (χ0v) is 11.0. The summed E-state index contributed by atoms with van der Waals surface area (Å²) < 4.78 is 57.1. The number of fused-ring (bicyclic) bond motifs is 1. The SMILES string of the molecule is Fc1cccc2cc(-c3cc(C(F)(F)F)cc(Cl)n3)oc12. The Bertz CT molecular complexity index is 825. The summed E-state index contributed by atoms with van der Waals surface area (Å²) in [4.78, 5) is 3.79. The van der Waals surface area contributed by atoms with E-state index in [0.29, 0.717) is 11.5 Å². The van der Waals surface area contributed by atoms with Gasteiger partial charge in [0.05, 0.1) is 5.56 Å². The Hall–Kier alpha value is -2.08. The average Bonchev–Trinajstić information content (AvgIpc) is 2.82. The predicted octanol–water partition coefficient (Wildman–Crippen LogP) is 5.31. The number of furan rings is 1. The number of aromatic nitrogens is 1. The summed E-state index contributed by atoms with van der Waals surface area (Å²) in [5, 5.41) is 0.112. The lowest BCUT2D eigenvalue weighted by molar-refractivity contribution is -0.137. The molecule has 21 heavy (non-hydrogen) atoms. The van der Waals surface area contributed by atoms with E-state index in [2.05, 4.69) is 4.98 Å². The number of pyridine rings is 1. The maximum atomic E-state index is 13.5. The maximum absolute atomic E-state index is 13.5. The van der Waals surface area contributed by atoms with E-state index < -0.39 is 17.6 Å². The fraction of sp³-hybridized carbons (Fsp3) is 0.0714. The fourth-order valence-corrected chi connectivity index (χ4v) is 2.15. The Labute approximate surface area is 121 Å². The molecule has 0 aliphatic carbocycles. The van der Waals surface area contributed by atoms with Gasteiger partial charge in [-0.05, 0) is 24.3 Å². The number of rotatable bonds is 1. The molecule has 2 aromatic heterocycles. The zero-order chi connectivity index (χ0) is 15.2. The van der Waals surface area contributed by atoms with Gasteiger partial charge in [0.25, 0.3) is 0 Å². The smallest absolute Gasteiger partial charge is 0.416 e. The van der Waals surface area contributed by atoms with Gasteiger partial charge in [-0.15, -0.1) is 0 Å². The minimum atomic E-state index is -4.56. The van der Waals surface area contributed by atoms with E-state index in [9.17, 15) is 17.6 Å². The first-order valence-electron chi connectivity index (χ1n) is 5.78. The molecule has 0 amide bonds. The summed E-state index contributed by atoms with van der Waals surface area (Å²) >= 11 is 5.61. The van der Waals surface area contributed by atoms with E-state index in [1.807, 2.05) is 0 Å². The molecule has 7 heteroatoms. The molecule has 1 aromatic carbocycles. The van der Waals surface area contributed by atoms with Gasteiger partial charge in [-0.1, -0.05) is 23.7 Å². The van der Waals surface area contributed by atoms with Crippen molar-refractivity contribution in [3.63, 3.8) is 0 Å². The maximum Gasteiger partial charge on any atom is 0.416 e. The topological polar surface area (TPSA) is 26.0 Å². The van der Waals surface area contributed by atoms with Gasteiger partial charge in [0.1, 0.15) is 10.8 Å². The molecular weight excluding hydrogens is 310 g/mol. The summed E-state index contributed by atoms with van der Waals surface area (Å²) in [6.07, 6.45) is -4.56. The number of para-hydroxylation sites is 1. The minimum Gasteiger partial charge on any atom is -0.451 e. The van der Waals surface area contributed by atoms with Crippen molar-refractivity contribution in [3.05, 3.63) is 52.9 Å². The predicted molar refractivity (Wildman–Crippen MR) is 69.4 cm³/mol. The first-order chi connectivity index (χ1) is 9.84. The van der Waals surface area contributed by atoms with Crippen LogP contribution in [0.25, 0.3) is 22.4 Å². The van der Waals surface area contributed by atoms with E-state index in [1.165, 1.54) is 18.2 Å². The van der Waals surface area contributed by atoms with Gasteiger partial charge in [0.2, 0.25) is 0 Å². The van der Waals surface area contributed by atoms with E-state index in [-0.39, 0.29) is 22.2 Å². The van der Waals surface area contributed by atoms with Gasteiger partial charge >= 0.3 is 6.18 Å². The monoisotopic (exact) mass is 315 g/mol. The summed E-state index contributed by atoms with van der Waals surface area (Å²) in [6, 6.07) is 7.19. The third-order valence-corrected chi connectivity index (χ3v) is 3.06. The van der Waals surface area contributed by atoms with Crippen LogP contribution in [0.2, 0.25) is 5.15 Å². The summed E-state index contributed by atoms with van der Waals surface area (Å²) in [5.41, 5.74) is -1.09. The molecular formula is C14H6ClF4NO. The first-order valence-corrected chi connectivity index (χ1v) is 6.15. The lowest BCUT2D eigenvalue weighted by Crippen LogP contribution is -2.05. The Morgan fingerprint density at radius 1 is 1.10 bits per heavy atom. The van der Waals surface area contributed by atoms with Crippen molar-refractivity contribution >= 4 is 22.6 Å². The average molecular weight is 316 g/mol. The molecule has 0 atom stereocenters. The van der Waals surface area contributed by atoms with E-state index in [1.54, 1.807) is 6.07 Å². The molecule has 0 aliphatic rings. The molecule has 0 fully saturated rings. The zero-order valence-electron chi connectivity index (χ0n) is 10.2. The lowest BCUT2D eigenvalue weighted by Gasteiger charge is -2.07. The quantitative estimate of drug-likeness (QED) is 0.449. The number of benzene rings is 1. The molecule has 0 bridgehead atoms. The number of halogens is 5. The molecule has 108 valence electrons. The Balaban J connectivity index is 2.18. The molecule has 3 aromatic rings. The second kappa shape index (κ2) is 4.73. The van der Waals surface area contributed by atoms with Gasteiger partial charge in [0.15, 0.2) is 17.2 Å². The van der Waals surface area contributed by atoms with E-state index in [0.717, 1.165) is 6.07 Å². The standard InChI is InChI=1S/C14H6ClF4NO/c15-12-6-8(14(17,18)19)5-10(20-12)11-4-7-2-1-3-9(16)13(7)21-11/h1-6H. The van der Waals surface area contributed by atoms with Crippen LogP contribution < -0.4 is 0 Å². The summed E-state index contributed by atoms with van der Waals surface area (Å²) in [5.74, 6) is -0.583. The van der Waals surface area contributed by atoms with Crippen molar-refractivity contribution in [2.75, 3.05) is 0 Å². The van der Waals surface area contributed by atoms with Crippen LogP contribution in [0.5, 0.6) is 0 Å². The molecule has 0 unspecified atom stereocenters.